The third-order valence-corrected chi connectivity index (χ3v) is 6.70. The van der Waals surface area contributed by atoms with Crippen LogP contribution in [-0.2, 0) is 12.6 Å². The Labute approximate surface area is 197 Å². The van der Waals surface area contributed by atoms with Crippen molar-refractivity contribution in [2.24, 2.45) is 4.99 Å². The van der Waals surface area contributed by atoms with Crippen molar-refractivity contribution in [2.75, 3.05) is 0 Å². The van der Waals surface area contributed by atoms with Gasteiger partial charge in [-0.2, -0.15) is 13.2 Å². The number of fused-ring (bicyclic) bond motifs is 1. The second-order valence-electron chi connectivity index (χ2n) is 7.80. The largest absolute Gasteiger partial charge is 0.507 e. The highest BCUT2D eigenvalue weighted by atomic mass is 32.2. The molecule has 0 saturated heterocycles. The van der Waals surface area contributed by atoms with Crippen LogP contribution in [0.3, 0.4) is 0 Å². The van der Waals surface area contributed by atoms with Gasteiger partial charge in [0, 0.05) is 28.2 Å². The molecular formula is C25H20F3NO4S. The Morgan fingerprint density at radius 1 is 1.24 bits per heavy atom. The first kappa shape index (κ1) is 23.7. The molecule has 34 heavy (non-hydrogen) atoms. The van der Waals surface area contributed by atoms with Crippen molar-refractivity contribution in [3.63, 3.8) is 0 Å². The summed E-state index contributed by atoms with van der Waals surface area (Å²) in [6, 6.07) is 9.68. The smallest absolute Gasteiger partial charge is 0.416 e. The van der Waals surface area contributed by atoms with Crippen LogP contribution in [0, 0.1) is 6.92 Å². The van der Waals surface area contributed by atoms with Crippen LogP contribution in [0.25, 0.3) is 0 Å². The molecule has 0 fully saturated rings. The van der Waals surface area contributed by atoms with Gasteiger partial charge >= 0.3 is 11.8 Å². The Morgan fingerprint density at radius 2 is 2.00 bits per heavy atom. The number of hydrogen-bond acceptors (Lipinski definition) is 6. The number of rotatable bonds is 4. The number of nitrogens with zero attached hydrogens (tertiary/aromatic N) is 1. The summed E-state index contributed by atoms with van der Waals surface area (Å²) in [7, 11) is 0. The van der Waals surface area contributed by atoms with E-state index in [1.807, 2.05) is 0 Å². The molecule has 0 saturated carbocycles. The summed E-state index contributed by atoms with van der Waals surface area (Å²) in [4.78, 5) is 17.4. The van der Waals surface area contributed by atoms with Gasteiger partial charge in [-0.25, -0.2) is 4.79 Å². The Hall–Kier alpha value is -3.46. The number of aryl methyl sites for hydroxylation is 1. The van der Waals surface area contributed by atoms with E-state index in [4.69, 9.17) is 4.42 Å². The minimum Gasteiger partial charge on any atom is -0.507 e. The number of hydrogen-bond donors (Lipinski definition) is 2. The molecule has 4 rings (SSSR count). The molecule has 3 aromatic rings. The lowest BCUT2D eigenvalue weighted by molar-refractivity contribution is -0.137. The maximum atomic E-state index is 13.4. The van der Waals surface area contributed by atoms with Crippen molar-refractivity contribution >= 4 is 23.2 Å². The van der Waals surface area contributed by atoms with E-state index in [9.17, 15) is 28.2 Å². The van der Waals surface area contributed by atoms with Gasteiger partial charge in [0.1, 0.15) is 22.8 Å². The van der Waals surface area contributed by atoms with Gasteiger partial charge in [-0.15, -0.1) is 18.3 Å². The van der Waals surface area contributed by atoms with Crippen LogP contribution in [0.4, 0.5) is 18.9 Å². The number of halogens is 3. The zero-order valence-electron chi connectivity index (χ0n) is 18.0. The number of phenolic OH excluding ortho intramolecular Hbond substituents is 1. The summed E-state index contributed by atoms with van der Waals surface area (Å²) >= 11 is 1.22. The molecule has 1 aliphatic rings. The Morgan fingerprint density at radius 3 is 2.68 bits per heavy atom. The summed E-state index contributed by atoms with van der Waals surface area (Å²) in [6.07, 6.45) is -2.46. The van der Waals surface area contributed by atoms with Gasteiger partial charge in [-0.1, -0.05) is 24.3 Å². The fourth-order valence-corrected chi connectivity index (χ4v) is 5.06. The van der Waals surface area contributed by atoms with Crippen molar-refractivity contribution in [2.45, 2.75) is 36.1 Å². The predicted octanol–water partition coefficient (Wildman–Crippen LogP) is 6.46. The Bertz CT molecular complexity index is 1360. The topological polar surface area (TPSA) is 83.0 Å². The third kappa shape index (κ3) is 4.61. The highest BCUT2D eigenvalue weighted by Gasteiger charge is 2.33. The van der Waals surface area contributed by atoms with E-state index in [1.165, 1.54) is 30.8 Å². The number of alkyl halides is 3. The number of benzene rings is 2. The number of para-hydroxylation sites is 1. The molecule has 0 unspecified atom stereocenters. The second-order valence-corrected chi connectivity index (χ2v) is 9.05. The van der Waals surface area contributed by atoms with Gasteiger partial charge in [0.05, 0.1) is 17.0 Å². The molecule has 2 aromatic carbocycles. The summed E-state index contributed by atoms with van der Waals surface area (Å²) < 4.78 is 45.2. The quantitative estimate of drug-likeness (QED) is 0.413. The molecule has 0 bridgehead atoms. The van der Waals surface area contributed by atoms with Crippen molar-refractivity contribution in [3.8, 4) is 11.5 Å². The minimum atomic E-state index is -4.58. The van der Waals surface area contributed by atoms with Crippen LogP contribution in [0.1, 0.15) is 39.7 Å². The molecule has 1 aromatic heterocycles. The molecule has 0 amide bonds. The van der Waals surface area contributed by atoms with E-state index in [0.717, 1.165) is 12.1 Å². The summed E-state index contributed by atoms with van der Waals surface area (Å²) in [5.41, 5.74) is -0.705. The zero-order chi connectivity index (χ0) is 24.6. The van der Waals surface area contributed by atoms with Gasteiger partial charge in [0.15, 0.2) is 0 Å². The normalized spacial score (nSPS) is 15.9. The number of aliphatic imine (C=N–C) groups is 1. The molecule has 1 atom stereocenters. The monoisotopic (exact) mass is 487 g/mol. The Balaban J connectivity index is 1.92. The average molecular weight is 487 g/mol. The standard InChI is InChI=1S/C25H20F3NO4S/c1-3-5-14-6-4-7-16(23(14)31)21-12-18(22-19(30)10-13(2)33-24(22)32)29-17-11-15(25(26,27)28)8-9-20(17)34-21/h3-4,6-11,21,30-31H,1,5,12H2,2H3/t21-/m0/s1. The summed E-state index contributed by atoms with van der Waals surface area (Å²) in [5.74, 6) is -0.160. The van der Waals surface area contributed by atoms with E-state index >= 15 is 0 Å². The molecule has 9 heteroatoms. The number of phenols is 1. The molecule has 1 aliphatic heterocycles. The van der Waals surface area contributed by atoms with E-state index in [1.54, 1.807) is 24.3 Å². The van der Waals surface area contributed by atoms with Gasteiger partial charge in [0.25, 0.3) is 0 Å². The fraction of sp³-hybridized carbons (Fsp3) is 0.200. The molecule has 0 radical (unpaired) electrons. The van der Waals surface area contributed by atoms with Crippen LogP contribution in [-0.4, -0.2) is 15.9 Å². The maximum Gasteiger partial charge on any atom is 0.416 e. The van der Waals surface area contributed by atoms with Gasteiger partial charge in [0.2, 0.25) is 0 Å². The molecule has 176 valence electrons. The lowest BCUT2D eigenvalue weighted by Crippen LogP contribution is -2.17. The van der Waals surface area contributed by atoms with Gasteiger partial charge < -0.3 is 14.6 Å². The number of allylic oxidation sites excluding steroid dienone is 1. The van der Waals surface area contributed by atoms with Gasteiger partial charge in [-0.05, 0) is 37.1 Å². The van der Waals surface area contributed by atoms with E-state index < -0.39 is 22.6 Å². The minimum absolute atomic E-state index is 0.0124. The van der Waals surface area contributed by atoms with Crippen molar-refractivity contribution in [3.05, 3.63) is 93.6 Å². The molecule has 0 spiro atoms. The zero-order valence-corrected chi connectivity index (χ0v) is 18.8. The molecule has 5 nitrogen and oxygen atoms in total. The number of aromatic hydroxyl groups is 2. The number of thioether (sulfide) groups is 1. The van der Waals surface area contributed by atoms with Gasteiger partial charge in [-0.3, -0.25) is 4.99 Å². The van der Waals surface area contributed by atoms with E-state index in [2.05, 4.69) is 11.6 Å². The van der Waals surface area contributed by atoms with Crippen LogP contribution in [0.15, 0.2) is 74.2 Å². The maximum absolute atomic E-state index is 13.4. The summed E-state index contributed by atoms with van der Waals surface area (Å²) in [5, 5.41) is 20.9. The third-order valence-electron chi connectivity index (χ3n) is 5.39. The predicted molar refractivity (Wildman–Crippen MR) is 124 cm³/mol. The van der Waals surface area contributed by atoms with Crippen LogP contribution in [0.2, 0.25) is 0 Å². The highest BCUT2D eigenvalue weighted by molar-refractivity contribution is 7.99. The molecule has 0 aliphatic carbocycles. The van der Waals surface area contributed by atoms with Crippen molar-refractivity contribution < 1.29 is 27.8 Å². The van der Waals surface area contributed by atoms with E-state index in [-0.39, 0.29) is 40.6 Å². The lowest BCUT2D eigenvalue weighted by Gasteiger charge is -2.19. The fourth-order valence-electron chi connectivity index (χ4n) is 3.83. The lowest BCUT2D eigenvalue weighted by atomic mass is 9.98. The highest BCUT2D eigenvalue weighted by Crippen LogP contribution is 2.49. The average Bonchev–Trinajstić information content (AvgIpc) is 2.93. The van der Waals surface area contributed by atoms with Crippen molar-refractivity contribution in [1.29, 1.82) is 0 Å². The van der Waals surface area contributed by atoms with E-state index in [0.29, 0.717) is 22.4 Å². The molecule has 2 heterocycles. The van der Waals surface area contributed by atoms with Crippen molar-refractivity contribution in [1.82, 2.24) is 0 Å². The second kappa shape index (κ2) is 9.06. The van der Waals surface area contributed by atoms with Crippen LogP contribution in [0.5, 0.6) is 11.5 Å². The van der Waals surface area contributed by atoms with Crippen LogP contribution < -0.4 is 5.63 Å². The van der Waals surface area contributed by atoms with Crippen LogP contribution >= 0.6 is 11.8 Å². The first-order valence-corrected chi connectivity index (χ1v) is 11.2. The Kier molecular flexibility index (Phi) is 6.31. The summed E-state index contributed by atoms with van der Waals surface area (Å²) in [6.45, 7) is 5.18. The molecular weight excluding hydrogens is 467 g/mol. The first-order chi connectivity index (χ1) is 16.1. The SMILES string of the molecule is C=CCc1cccc([C@@H]2CC(c3c(O)cc(C)oc3=O)=Nc3cc(C(F)(F)F)ccc3S2)c1O. The first-order valence-electron chi connectivity index (χ1n) is 10.3. The molecule has 2 N–H and O–H groups in total.